The molecule has 2 rings (SSSR count). The fourth-order valence-corrected chi connectivity index (χ4v) is 1.15. The first kappa shape index (κ1) is 12.4. The molecule has 0 aromatic carbocycles. The topological polar surface area (TPSA) is 43.6 Å². The van der Waals surface area contributed by atoms with Gasteiger partial charge in [-0.3, -0.25) is 0 Å². The van der Waals surface area contributed by atoms with E-state index in [2.05, 4.69) is 28.9 Å². The summed E-state index contributed by atoms with van der Waals surface area (Å²) in [6, 6.07) is 1.79. The average Bonchev–Trinajstić information content (AvgIpc) is 2.82. The molecule has 0 aliphatic rings. The van der Waals surface area contributed by atoms with Gasteiger partial charge >= 0.3 is 0 Å². The molecule has 16 heavy (non-hydrogen) atoms. The minimum atomic E-state index is 0.479. The van der Waals surface area contributed by atoms with E-state index in [0.29, 0.717) is 11.9 Å². The predicted molar refractivity (Wildman–Crippen MR) is 64.6 cm³/mol. The van der Waals surface area contributed by atoms with Gasteiger partial charge in [0.1, 0.15) is 0 Å². The summed E-state index contributed by atoms with van der Waals surface area (Å²) in [5, 5.41) is 4.20. The Kier molecular flexibility index (Phi) is 4.64. The highest BCUT2D eigenvalue weighted by Crippen LogP contribution is 2.13. The lowest BCUT2D eigenvalue weighted by Gasteiger charge is -1.98. The highest BCUT2D eigenvalue weighted by Gasteiger charge is 2.04. The SMILES string of the molecule is CC.CC(C)c1cnn(-c2ncccn2)c1. The van der Waals surface area contributed by atoms with Gasteiger partial charge in [-0.25, -0.2) is 14.6 Å². The molecule has 0 bridgehead atoms. The van der Waals surface area contributed by atoms with Crippen LogP contribution in [0.5, 0.6) is 0 Å². The molecule has 2 aromatic heterocycles. The van der Waals surface area contributed by atoms with Crippen molar-refractivity contribution in [2.45, 2.75) is 33.6 Å². The van der Waals surface area contributed by atoms with Crippen molar-refractivity contribution in [3.63, 3.8) is 0 Å². The van der Waals surface area contributed by atoms with Crippen LogP contribution in [-0.2, 0) is 0 Å². The Bertz CT molecular complexity index is 406. The van der Waals surface area contributed by atoms with Crippen LogP contribution < -0.4 is 0 Å². The second kappa shape index (κ2) is 6.00. The van der Waals surface area contributed by atoms with E-state index in [1.807, 2.05) is 26.2 Å². The quantitative estimate of drug-likeness (QED) is 0.778. The van der Waals surface area contributed by atoms with Gasteiger partial charge in [-0.2, -0.15) is 5.10 Å². The fourth-order valence-electron chi connectivity index (χ4n) is 1.15. The third-order valence-electron chi connectivity index (χ3n) is 2.03. The van der Waals surface area contributed by atoms with Crippen molar-refractivity contribution in [2.24, 2.45) is 0 Å². The molecule has 0 atom stereocenters. The van der Waals surface area contributed by atoms with Crippen molar-refractivity contribution < 1.29 is 0 Å². The van der Waals surface area contributed by atoms with E-state index in [1.165, 1.54) is 5.56 Å². The number of aromatic nitrogens is 4. The molecular weight excluding hydrogens is 200 g/mol. The van der Waals surface area contributed by atoms with Gasteiger partial charge in [-0.05, 0) is 17.5 Å². The van der Waals surface area contributed by atoms with Crippen molar-refractivity contribution in [1.82, 2.24) is 19.7 Å². The van der Waals surface area contributed by atoms with Gasteiger partial charge in [0.15, 0.2) is 0 Å². The Balaban J connectivity index is 0.000000606. The number of rotatable bonds is 2. The smallest absolute Gasteiger partial charge is 0.220 e. The maximum atomic E-state index is 4.20. The van der Waals surface area contributed by atoms with Gasteiger partial charge in [0.05, 0.1) is 6.20 Å². The summed E-state index contributed by atoms with van der Waals surface area (Å²) in [6.45, 7) is 8.26. The van der Waals surface area contributed by atoms with Crippen molar-refractivity contribution >= 4 is 0 Å². The van der Waals surface area contributed by atoms with Crippen LogP contribution in [0.4, 0.5) is 0 Å². The number of hydrogen-bond acceptors (Lipinski definition) is 3. The van der Waals surface area contributed by atoms with Crippen molar-refractivity contribution in [3.8, 4) is 5.95 Å². The minimum Gasteiger partial charge on any atom is -0.220 e. The highest BCUT2D eigenvalue weighted by molar-refractivity contribution is 5.16. The van der Waals surface area contributed by atoms with E-state index in [4.69, 9.17) is 0 Å². The second-order valence-corrected chi connectivity index (χ2v) is 3.42. The molecular formula is C12H18N4. The molecule has 86 valence electrons. The van der Waals surface area contributed by atoms with Crippen LogP contribution in [0.3, 0.4) is 0 Å². The van der Waals surface area contributed by atoms with Crippen LogP contribution in [0.2, 0.25) is 0 Å². The lowest BCUT2D eigenvalue weighted by atomic mass is 10.1. The Hall–Kier alpha value is -1.71. The first-order valence-electron chi connectivity index (χ1n) is 5.59. The van der Waals surface area contributed by atoms with E-state index >= 15 is 0 Å². The lowest BCUT2D eigenvalue weighted by Crippen LogP contribution is -1.99. The van der Waals surface area contributed by atoms with Gasteiger partial charge in [0.25, 0.3) is 0 Å². The molecule has 4 heteroatoms. The van der Waals surface area contributed by atoms with Gasteiger partial charge in [-0.1, -0.05) is 27.7 Å². The molecule has 0 fully saturated rings. The van der Waals surface area contributed by atoms with E-state index in [0.717, 1.165) is 0 Å². The fraction of sp³-hybridized carbons (Fsp3) is 0.417. The first-order chi connectivity index (χ1) is 7.77. The average molecular weight is 218 g/mol. The molecule has 0 amide bonds. The largest absolute Gasteiger partial charge is 0.250 e. The Morgan fingerprint density at radius 1 is 1.12 bits per heavy atom. The molecule has 2 aromatic rings. The minimum absolute atomic E-state index is 0.479. The van der Waals surface area contributed by atoms with Gasteiger partial charge < -0.3 is 0 Å². The number of hydrogen-bond donors (Lipinski definition) is 0. The van der Waals surface area contributed by atoms with Crippen LogP contribution in [0.25, 0.3) is 5.95 Å². The highest BCUT2D eigenvalue weighted by atomic mass is 15.3. The molecule has 0 saturated heterocycles. The van der Waals surface area contributed by atoms with Gasteiger partial charge in [-0.15, -0.1) is 0 Å². The summed E-state index contributed by atoms with van der Waals surface area (Å²) in [5.41, 5.74) is 1.19. The van der Waals surface area contributed by atoms with Crippen LogP contribution in [0.15, 0.2) is 30.9 Å². The van der Waals surface area contributed by atoms with Crippen LogP contribution >= 0.6 is 0 Å². The Morgan fingerprint density at radius 2 is 1.75 bits per heavy atom. The first-order valence-corrected chi connectivity index (χ1v) is 5.59. The molecule has 0 unspecified atom stereocenters. The van der Waals surface area contributed by atoms with Crippen LogP contribution in [0.1, 0.15) is 39.2 Å². The third kappa shape index (κ3) is 2.89. The summed E-state index contributed by atoms with van der Waals surface area (Å²) in [4.78, 5) is 8.22. The summed E-state index contributed by atoms with van der Waals surface area (Å²) in [6.07, 6.45) is 7.22. The van der Waals surface area contributed by atoms with Gasteiger partial charge in [0, 0.05) is 18.6 Å². The van der Waals surface area contributed by atoms with Crippen molar-refractivity contribution in [2.75, 3.05) is 0 Å². The summed E-state index contributed by atoms with van der Waals surface area (Å²) < 4.78 is 1.69. The van der Waals surface area contributed by atoms with Crippen LogP contribution in [0, 0.1) is 0 Å². The summed E-state index contributed by atoms with van der Waals surface area (Å²) in [7, 11) is 0. The van der Waals surface area contributed by atoms with E-state index in [1.54, 1.807) is 23.1 Å². The normalized spacial score (nSPS) is 9.81. The van der Waals surface area contributed by atoms with Gasteiger partial charge in [0.2, 0.25) is 5.95 Å². The summed E-state index contributed by atoms with van der Waals surface area (Å²) >= 11 is 0. The van der Waals surface area contributed by atoms with Crippen LogP contribution in [-0.4, -0.2) is 19.7 Å². The molecule has 4 nitrogen and oxygen atoms in total. The molecule has 0 saturated carbocycles. The monoisotopic (exact) mass is 218 g/mol. The molecule has 0 radical (unpaired) electrons. The molecule has 0 aliphatic heterocycles. The molecule has 2 heterocycles. The lowest BCUT2D eigenvalue weighted by molar-refractivity contribution is 0.804. The molecule has 0 spiro atoms. The predicted octanol–water partition coefficient (Wildman–Crippen LogP) is 2.81. The standard InChI is InChI=1S/C10H12N4.C2H6/c1-8(2)9-6-13-14(7-9)10-11-4-3-5-12-10;1-2/h3-8H,1-2H3;1-2H3. The third-order valence-corrected chi connectivity index (χ3v) is 2.03. The zero-order chi connectivity index (χ0) is 12.0. The van der Waals surface area contributed by atoms with E-state index in [-0.39, 0.29) is 0 Å². The van der Waals surface area contributed by atoms with E-state index in [9.17, 15) is 0 Å². The maximum Gasteiger partial charge on any atom is 0.250 e. The maximum absolute atomic E-state index is 4.20. The van der Waals surface area contributed by atoms with Crippen molar-refractivity contribution in [1.29, 1.82) is 0 Å². The second-order valence-electron chi connectivity index (χ2n) is 3.42. The Morgan fingerprint density at radius 3 is 2.25 bits per heavy atom. The molecule has 0 aliphatic carbocycles. The zero-order valence-corrected chi connectivity index (χ0v) is 10.3. The number of nitrogens with zero attached hydrogens (tertiary/aromatic N) is 4. The Labute approximate surface area is 96.4 Å². The zero-order valence-electron chi connectivity index (χ0n) is 10.3. The van der Waals surface area contributed by atoms with E-state index < -0.39 is 0 Å². The molecule has 0 N–H and O–H groups in total. The summed E-state index contributed by atoms with van der Waals surface area (Å²) in [5.74, 6) is 1.09. The van der Waals surface area contributed by atoms with Crippen molar-refractivity contribution in [3.05, 3.63) is 36.4 Å².